The van der Waals surface area contributed by atoms with Crippen LogP contribution < -0.4 is 15.0 Å². The predicted molar refractivity (Wildman–Crippen MR) is 108 cm³/mol. The van der Waals surface area contributed by atoms with Gasteiger partial charge in [-0.25, -0.2) is 4.79 Å². The number of urea groups is 1. The Kier molecular flexibility index (Phi) is 4.58. The molecular formula is C22H19N3O2. The summed E-state index contributed by atoms with van der Waals surface area (Å²) in [6, 6.07) is 24.7. The minimum atomic E-state index is -0.397. The molecule has 5 nitrogen and oxygen atoms in total. The van der Waals surface area contributed by atoms with Crippen LogP contribution in [0.4, 0.5) is 16.2 Å². The molecule has 1 aliphatic rings. The Morgan fingerprint density at radius 3 is 2.41 bits per heavy atom. The summed E-state index contributed by atoms with van der Waals surface area (Å²) in [5.74, 6) is 1.43. The summed E-state index contributed by atoms with van der Waals surface area (Å²) in [6.45, 7) is 0.667. The minimum Gasteiger partial charge on any atom is -0.497 e. The Labute approximate surface area is 157 Å². The van der Waals surface area contributed by atoms with Gasteiger partial charge < -0.3 is 15.0 Å². The fraction of sp³-hybridized carbons (Fsp3) is 0.0909. The van der Waals surface area contributed by atoms with Gasteiger partial charge in [0.1, 0.15) is 11.6 Å². The quantitative estimate of drug-likeness (QED) is 0.739. The molecule has 0 spiro atoms. The molecule has 27 heavy (non-hydrogen) atoms. The van der Waals surface area contributed by atoms with Gasteiger partial charge in [-0.3, -0.25) is 0 Å². The van der Waals surface area contributed by atoms with Crippen LogP contribution >= 0.6 is 0 Å². The molecule has 0 aliphatic carbocycles. The molecule has 0 saturated heterocycles. The van der Waals surface area contributed by atoms with Crippen molar-refractivity contribution < 1.29 is 9.53 Å². The zero-order valence-electron chi connectivity index (χ0n) is 14.9. The van der Waals surface area contributed by atoms with Gasteiger partial charge in [-0.1, -0.05) is 42.5 Å². The molecule has 2 amide bonds. The van der Waals surface area contributed by atoms with E-state index in [9.17, 15) is 4.79 Å². The Balaban J connectivity index is 1.67. The molecule has 1 heterocycles. The summed E-state index contributed by atoms with van der Waals surface area (Å²) in [6.07, 6.45) is 0. The van der Waals surface area contributed by atoms with Gasteiger partial charge in [-0.15, -0.1) is 0 Å². The number of amidine groups is 1. The number of ether oxygens (including phenoxy) is 1. The van der Waals surface area contributed by atoms with Crippen LogP contribution in [0.15, 0.2) is 83.9 Å². The van der Waals surface area contributed by atoms with E-state index in [-0.39, 0.29) is 0 Å². The van der Waals surface area contributed by atoms with Crippen molar-refractivity contribution in [1.29, 1.82) is 0 Å². The molecule has 5 heteroatoms. The van der Waals surface area contributed by atoms with Gasteiger partial charge in [0.05, 0.1) is 13.7 Å². The second-order valence-electron chi connectivity index (χ2n) is 6.17. The lowest BCUT2D eigenvalue weighted by Gasteiger charge is -2.19. The first-order valence-electron chi connectivity index (χ1n) is 8.69. The minimum absolute atomic E-state index is 0.397. The largest absolute Gasteiger partial charge is 0.497 e. The van der Waals surface area contributed by atoms with Crippen molar-refractivity contribution in [2.45, 2.75) is 6.54 Å². The number of hydrogen-bond acceptors (Lipinski definition) is 2. The molecular weight excluding hydrogens is 338 g/mol. The summed E-state index contributed by atoms with van der Waals surface area (Å²) in [7, 11) is 1.64. The summed E-state index contributed by atoms with van der Waals surface area (Å²) in [4.78, 5) is 18.9. The van der Waals surface area contributed by atoms with Crippen molar-refractivity contribution >= 4 is 23.2 Å². The van der Waals surface area contributed by atoms with Gasteiger partial charge in [0.25, 0.3) is 0 Å². The summed E-state index contributed by atoms with van der Waals surface area (Å²) in [5, 5.41) is 2.82. The van der Waals surface area contributed by atoms with Crippen molar-refractivity contribution in [2.24, 2.45) is 4.99 Å². The maximum Gasteiger partial charge on any atom is 0.347 e. The third-order valence-corrected chi connectivity index (χ3v) is 4.46. The average molecular weight is 357 g/mol. The summed E-state index contributed by atoms with van der Waals surface area (Å²) in [5.41, 5.74) is 3.78. The van der Waals surface area contributed by atoms with E-state index in [1.807, 2.05) is 77.7 Å². The number of aliphatic imine (C=N–C) groups is 1. The molecule has 3 aromatic carbocycles. The molecule has 1 aliphatic heterocycles. The van der Waals surface area contributed by atoms with Crippen LogP contribution in [0.3, 0.4) is 0 Å². The van der Waals surface area contributed by atoms with Crippen molar-refractivity contribution in [3.8, 4) is 5.75 Å². The number of nitrogens with zero attached hydrogens (tertiary/aromatic N) is 2. The van der Waals surface area contributed by atoms with Gasteiger partial charge in [-0.2, -0.15) is 4.99 Å². The van der Waals surface area contributed by atoms with Crippen LogP contribution in [0.1, 0.15) is 11.1 Å². The first kappa shape index (κ1) is 16.8. The first-order valence-corrected chi connectivity index (χ1v) is 8.69. The number of fused-ring (bicyclic) bond motifs is 1. The maximum absolute atomic E-state index is 12.5. The lowest BCUT2D eigenvalue weighted by atomic mass is 10.1. The van der Waals surface area contributed by atoms with Crippen LogP contribution in [0.25, 0.3) is 0 Å². The second-order valence-corrected chi connectivity index (χ2v) is 6.17. The fourth-order valence-corrected chi connectivity index (χ4v) is 3.13. The lowest BCUT2D eigenvalue weighted by Crippen LogP contribution is -2.26. The van der Waals surface area contributed by atoms with Crippen molar-refractivity contribution in [3.05, 3.63) is 90.0 Å². The van der Waals surface area contributed by atoms with Crippen LogP contribution in [0.2, 0.25) is 0 Å². The van der Waals surface area contributed by atoms with Crippen LogP contribution in [-0.4, -0.2) is 19.0 Å². The Morgan fingerprint density at radius 1 is 0.963 bits per heavy atom. The summed E-state index contributed by atoms with van der Waals surface area (Å²) < 4.78 is 5.24. The fourth-order valence-electron chi connectivity index (χ4n) is 3.13. The summed E-state index contributed by atoms with van der Waals surface area (Å²) >= 11 is 0. The maximum atomic E-state index is 12.5. The van der Waals surface area contributed by atoms with E-state index in [4.69, 9.17) is 4.74 Å². The number of para-hydroxylation sites is 1. The van der Waals surface area contributed by atoms with Crippen molar-refractivity contribution in [3.63, 3.8) is 0 Å². The molecule has 0 radical (unpaired) electrons. The van der Waals surface area contributed by atoms with E-state index in [1.54, 1.807) is 7.11 Å². The van der Waals surface area contributed by atoms with Gasteiger partial charge in [-0.05, 0) is 42.0 Å². The van der Waals surface area contributed by atoms with E-state index in [0.29, 0.717) is 18.1 Å². The van der Waals surface area contributed by atoms with E-state index >= 15 is 0 Å². The van der Waals surface area contributed by atoms with Gasteiger partial charge in [0.2, 0.25) is 0 Å². The normalized spacial score (nSPS) is 14.1. The third-order valence-electron chi connectivity index (χ3n) is 4.46. The molecule has 4 rings (SSSR count). The number of carbonyl (C=O) groups excluding carboxylic acids is 1. The highest BCUT2D eigenvalue weighted by atomic mass is 16.5. The zero-order valence-corrected chi connectivity index (χ0v) is 14.9. The number of methoxy groups -OCH3 is 1. The zero-order chi connectivity index (χ0) is 18.6. The molecule has 0 unspecified atom stereocenters. The van der Waals surface area contributed by atoms with Crippen LogP contribution in [0.5, 0.6) is 5.75 Å². The van der Waals surface area contributed by atoms with E-state index < -0.39 is 6.03 Å². The SMILES string of the molecule is COc1ccc(N2Cc3ccccc3/C2=N/C(=O)Nc2ccccc2)cc1. The number of benzene rings is 3. The second kappa shape index (κ2) is 7.33. The number of hydrogen-bond donors (Lipinski definition) is 1. The molecule has 3 aromatic rings. The monoisotopic (exact) mass is 357 g/mol. The van der Waals surface area contributed by atoms with Gasteiger partial charge in [0, 0.05) is 16.9 Å². The van der Waals surface area contributed by atoms with Crippen molar-refractivity contribution in [2.75, 3.05) is 17.3 Å². The molecule has 0 bridgehead atoms. The lowest BCUT2D eigenvalue weighted by molar-refractivity contribution is 0.259. The highest BCUT2D eigenvalue weighted by molar-refractivity contribution is 6.18. The average Bonchev–Trinajstić information content (AvgIpc) is 3.07. The molecule has 0 atom stereocenters. The highest BCUT2D eigenvalue weighted by Crippen LogP contribution is 2.30. The standard InChI is InChI=1S/C22H19N3O2/c1-27-19-13-11-18(12-14-19)25-15-16-7-5-6-10-20(16)21(25)24-22(26)23-17-8-3-2-4-9-17/h2-14H,15H2,1H3,(H,23,26)/b24-21-. The van der Waals surface area contributed by atoms with E-state index in [1.165, 1.54) is 0 Å². The van der Waals surface area contributed by atoms with E-state index in [0.717, 1.165) is 22.6 Å². The molecule has 0 aromatic heterocycles. The Bertz CT molecular complexity index is 982. The van der Waals surface area contributed by atoms with Crippen LogP contribution in [0, 0.1) is 0 Å². The number of rotatable bonds is 3. The molecule has 0 saturated carbocycles. The number of nitrogens with one attached hydrogen (secondary N) is 1. The predicted octanol–water partition coefficient (Wildman–Crippen LogP) is 4.69. The van der Waals surface area contributed by atoms with Crippen LogP contribution in [-0.2, 0) is 6.54 Å². The van der Waals surface area contributed by atoms with Gasteiger partial charge >= 0.3 is 6.03 Å². The first-order chi connectivity index (χ1) is 13.2. The molecule has 0 fully saturated rings. The van der Waals surface area contributed by atoms with E-state index in [2.05, 4.69) is 16.4 Å². The smallest absolute Gasteiger partial charge is 0.347 e. The molecule has 1 N–H and O–H groups in total. The van der Waals surface area contributed by atoms with Gasteiger partial charge in [0.15, 0.2) is 0 Å². The topological polar surface area (TPSA) is 53.9 Å². The third kappa shape index (κ3) is 3.53. The Hall–Kier alpha value is -3.60. The Morgan fingerprint density at radius 2 is 1.67 bits per heavy atom. The highest BCUT2D eigenvalue weighted by Gasteiger charge is 2.27. The number of anilines is 2. The number of amides is 2. The number of carbonyl (C=O) groups is 1. The molecule has 134 valence electrons. The van der Waals surface area contributed by atoms with Crippen molar-refractivity contribution in [1.82, 2.24) is 0 Å².